The number of ether oxygens (including phenoxy) is 3. The van der Waals surface area contributed by atoms with Crippen LogP contribution >= 0.6 is 63.1 Å². The Bertz CT molecular complexity index is 2630. The summed E-state index contributed by atoms with van der Waals surface area (Å²) >= 11 is 20.0. The number of rotatable bonds is 12. The molecule has 0 spiro atoms. The number of halogens is 5. The first-order valence-corrected chi connectivity index (χ1v) is 23.6. The zero-order chi connectivity index (χ0) is 55.4. The number of nitrogens with one attached hydrogen (secondary N) is 1. The van der Waals surface area contributed by atoms with Crippen LogP contribution in [0.5, 0.6) is 17.2 Å². The fourth-order valence-corrected chi connectivity index (χ4v) is 5.69. The number of carboxylic acids is 1. The quantitative estimate of drug-likeness (QED) is 0.0341. The number of aromatic carboxylic acids is 1. The Hall–Kier alpha value is -6.14. The molecule has 0 aliphatic carbocycles. The Morgan fingerprint density at radius 3 is 1.28 bits per heavy atom. The van der Waals surface area contributed by atoms with Crippen molar-refractivity contribution >= 4 is 92.4 Å². The summed E-state index contributed by atoms with van der Waals surface area (Å²) < 4.78 is 16.3. The number of benzene rings is 3. The monoisotopic (exact) mass is 1180 g/mol. The van der Waals surface area contributed by atoms with Crippen molar-refractivity contribution in [2.45, 2.75) is 19.8 Å². The Balaban J connectivity index is 0. The summed E-state index contributed by atoms with van der Waals surface area (Å²) in [6.07, 6.45) is 7.81. The molecule has 76 heavy (non-hydrogen) atoms. The molecule has 0 aliphatic heterocycles. The van der Waals surface area contributed by atoms with Gasteiger partial charge < -0.3 is 36.8 Å². The summed E-state index contributed by atoms with van der Waals surface area (Å²) in [6, 6.07) is 34.3. The number of carbonyl (C=O) groups is 4. The van der Waals surface area contributed by atoms with Gasteiger partial charge in [-0.1, -0.05) is 84.5 Å². The van der Waals surface area contributed by atoms with Gasteiger partial charge in [-0.3, -0.25) is 19.2 Å². The fourth-order valence-electron chi connectivity index (χ4n) is 4.90. The number of anilines is 1. The number of para-hydroxylation sites is 3. The van der Waals surface area contributed by atoms with Crippen molar-refractivity contribution in [3.05, 3.63) is 206 Å². The number of hydroxylamine groups is 3. The molecule has 7 aromatic rings. The fraction of sp³-hybridized carbons (Fsp3) is 0.189. The minimum absolute atomic E-state index is 0. The Morgan fingerprint density at radius 1 is 0.618 bits per heavy atom. The molecule has 0 bridgehead atoms. The van der Waals surface area contributed by atoms with Crippen LogP contribution in [0, 0.1) is 6.92 Å². The van der Waals surface area contributed by atoms with Gasteiger partial charge in [-0.25, -0.2) is 35.3 Å². The van der Waals surface area contributed by atoms with Crippen molar-refractivity contribution in [2.24, 2.45) is 0 Å². The molecule has 17 nitrogen and oxygen atoms in total. The maximum absolute atomic E-state index is 12.2. The molecule has 7 rings (SSSR count). The van der Waals surface area contributed by atoms with Gasteiger partial charge >= 0.3 is 24.8 Å². The second kappa shape index (κ2) is 42.0. The number of hydrogen-bond donors (Lipinski definition) is 3. The van der Waals surface area contributed by atoms with Crippen molar-refractivity contribution in [1.29, 1.82) is 0 Å². The molecule has 0 unspecified atom stereocenters. The summed E-state index contributed by atoms with van der Waals surface area (Å²) in [4.78, 5) is 70.1. The van der Waals surface area contributed by atoms with Crippen molar-refractivity contribution in [3.63, 3.8) is 0 Å². The van der Waals surface area contributed by atoms with E-state index in [0.717, 1.165) is 21.7 Å². The molecule has 0 radical (unpaired) electrons. The van der Waals surface area contributed by atoms with E-state index in [9.17, 15) is 19.2 Å². The third-order valence-corrected chi connectivity index (χ3v) is 10.2. The number of carboxylic acid groups (broad SMARTS) is 1. The summed E-state index contributed by atoms with van der Waals surface area (Å²) in [7, 11) is 10.9. The van der Waals surface area contributed by atoms with Crippen molar-refractivity contribution in [3.8, 4) is 17.2 Å². The third-order valence-electron chi connectivity index (χ3n) is 8.86. The zero-order valence-electron chi connectivity index (χ0n) is 43.3. The molecule has 0 saturated carbocycles. The van der Waals surface area contributed by atoms with Crippen LogP contribution < -0.4 is 44.3 Å². The summed E-state index contributed by atoms with van der Waals surface area (Å²) in [5.41, 5.74) is 10.5. The summed E-state index contributed by atoms with van der Waals surface area (Å²) in [6.45, 7) is 5.72. The van der Waals surface area contributed by atoms with E-state index in [2.05, 4.69) is 60.0 Å². The number of carbonyl (C=O) groups excluding carboxylic acids is 3. The van der Waals surface area contributed by atoms with Gasteiger partial charge in [0.15, 0.2) is 11.6 Å². The van der Waals surface area contributed by atoms with Crippen LogP contribution in [0.4, 0.5) is 5.82 Å². The number of pyridine rings is 4. The predicted octanol–water partition coefficient (Wildman–Crippen LogP) is 8.95. The van der Waals surface area contributed by atoms with Crippen LogP contribution in [0.1, 0.15) is 72.3 Å². The molecule has 4 N–H and O–H groups in total. The average molecular weight is 1180 g/mol. The molecule has 402 valence electrons. The third kappa shape index (κ3) is 27.6. The molecule has 0 atom stereocenters. The first-order chi connectivity index (χ1) is 35.5. The topological polar surface area (TPSA) is 228 Å². The predicted molar refractivity (Wildman–Crippen MR) is 300 cm³/mol. The summed E-state index contributed by atoms with van der Waals surface area (Å²) in [5.74, 6) is 0.846. The van der Waals surface area contributed by atoms with Gasteiger partial charge in [0.2, 0.25) is 0 Å². The van der Waals surface area contributed by atoms with E-state index in [1.165, 1.54) is 71.7 Å². The van der Waals surface area contributed by atoms with E-state index in [4.69, 9.17) is 64.7 Å². The van der Waals surface area contributed by atoms with Gasteiger partial charge in [0.1, 0.15) is 38.5 Å². The Labute approximate surface area is 485 Å². The smallest absolute Gasteiger partial charge is 0.496 e. The minimum Gasteiger partial charge on any atom is -0.496 e. The molecule has 0 aliphatic rings. The van der Waals surface area contributed by atoms with Crippen molar-refractivity contribution < 1.29 is 67.0 Å². The normalized spacial score (nSPS) is 9.22. The molecule has 23 heteroatoms. The van der Waals surface area contributed by atoms with Gasteiger partial charge in [0.25, 0.3) is 5.91 Å². The number of nitrogens with zero attached hydrogens (tertiary/aromatic N) is 5. The van der Waals surface area contributed by atoms with Crippen LogP contribution in [0.2, 0.25) is 15.5 Å². The Kier molecular flexibility index (Phi) is 39.8. The zero-order valence-corrected chi connectivity index (χ0v) is 48.0. The second-order valence-electron chi connectivity index (χ2n) is 13.8. The molecule has 0 saturated heterocycles. The van der Waals surface area contributed by atoms with Crippen LogP contribution in [-0.2, 0) is 9.68 Å². The van der Waals surface area contributed by atoms with Gasteiger partial charge in [-0.15, -0.1) is 12.4 Å². The number of ketones is 2. The molecule has 1 amide bonds. The van der Waals surface area contributed by atoms with E-state index in [-0.39, 0.29) is 54.3 Å². The summed E-state index contributed by atoms with van der Waals surface area (Å²) in [5, 5.41) is 10.5. The number of nitrogen functional groups attached to an aromatic ring is 1. The molecular weight excluding hydrogens is 1120 g/mol. The molecule has 4 aromatic heterocycles. The van der Waals surface area contributed by atoms with Crippen LogP contribution in [-0.4, -0.2) is 103 Å². The SMILES string of the molecule is CNOC.CON(C)C(=O)c1ccc(Cl)nc1.COc1ccccc1Br.COc1ccccc1C(=O)c1ccc(Cl)nc1.COc1ccccc1C(=O)c1ccc(N)nc1.Cl.O=C(O)c1ccc(Cl)nc1.[CH2-]CCC.[Li+]. The first kappa shape index (κ1) is 71.9. The number of amides is 1. The van der Waals surface area contributed by atoms with Crippen LogP contribution in [0.3, 0.4) is 0 Å². The molecule has 4 heterocycles. The van der Waals surface area contributed by atoms with Crippen molar-refractivity contribution in [1.82, 2.24) is 30.5 Å². The largest absolute Gasteiger partial charge is 1.00 e. The van der Waals surface area contributed by atoms with Gasteiger partial charge in [0.05, 0.1) is 62.3 Å². The maximum Gasteiger partial charge on any atom is 1.00 e. The maximum atomic E-state index is 12.2. The standard InChI is InChI=1S/C13H10ClNO2.C13H12N2O2.C8H9ClN2O2.C7H7BrO.C6H4ClNO2.C4H9.C2H7NO.ClH.Li/c2*1-17-11-5-3-2-4-10(11)13(16)9-6-7-12(14)15-8-9;1-11(13-2)8(12)6-3-4-7(9)10-5-6;1-9-7-5-3-2-4-6(7)8;7-5-2-1-4(3-8-5)6(9)10;2*1-3-4-2;;/h2-8H,1H3;2-8H,1H3,(H2,14,15);3-5H,1-2H3;2-5H,1H3;1-3H,(H,9,10);1,3-4H2,2H3;3H,1-2H3;1H;/q;;;;;-1;;;+1. The van der Waals surface area contributed by atoms with E-state index in [1.54, 1.807) is 94.1 Å². The molecule has 0 fully saturated rings. The van der Waals surface area contributed by atoms with Crippen LogP contribution in [0.15, 0.2) is 151 Å². The first-order valence-electron chi connectivity index (χ1n) is 21.7. The Morgan fingerprint density at radius 2 is 0.974 bits per heavy atom. The van der Waals surface area contributed by atoms with Crippen LogP contribution in [0.25, 0.3) is 0 Å². The van der Waals surface area contributed by atoms with Crippen molar-refractivity contribution in [2.75, 3.05) is 55.4 Å². The second-order valence-corrected chi connectivity index (χ2v) is 15.8. The number of unbranched alkanes of at least 4 members (excludes halogenated alkanes) is 1. The van der Waals surface area contributed by atoms with Gasteiger partial charge in [0, 0.05) is 50.0 Å². The molecular formula is C53H59BrCl4LiN7O10. The van der Waals surface area contributed by atoms with E-state index >= 15 is 0 Å². The number of nitrogens with two attached hydrogens (primary N) is 1. The number of aromatic nitrogens is 4. The number of hydrogen-bond acceptors (Lipinski definition) is 15. The molecule has 3 aromatic carbocycles. The van der Waals surface area contributed by atoms with E-state index in [1.807, 2.05) is 36.4 Å². The van der Waals surface area contributed by atoms with E-state index < -0.39 is 5.97 Å². The number of methoxy groups -OCH3 is 3. The van der Waals surface area contributed by atoms with E-state index in [0.29, 0.717) is 60.6 Å². The minimum atomic E-state index is -0.996. The average Bonchev–Trinajstić information content (AvgIpc) is 3.43. The van der Waals surface area contributed by atoms with Gasteiger partial charge in [-0.2, -0.15) is 6.42 Å². The van der Waals surface area contributed by atoms with Gasteiger partial charge in [-0.05, 0) is 101 Å².